The summed E-state index contributed by atoms with van der Waals surface area (Å²) in [6.07, 6.45) is 1.93. The molecule has 5 heteroatoms. The average Bonchev–Trinajstić information content (AvgIpc) is 3.09. The monoisotopic (exact) mass is 342 g/mol. The molecule has 0 saturated heterocycles. The average molecular weight is 342 g/mol. The number of aryl methyl sites for hydroxylation is 1. The van der Waals surface area contributed by atoms with Crippen LogP contribution in [0.4, 0.5) is 0 Å². The van der Waals surface area contributed by atoms with Crippen molar-refractivity contribution in [2.24, 2.45) is 4.99 Å². The van der Waals surface area contributed by atoms with E-state index in [1.54, 1.807) is 0 Å². The third kappa shape index (κ3) is 3.19. The lowest BCUT2D eigenvalue weighted by Crippen LogP contribution is -2.22. The number of aromatic amines is 1. The second kappa shape index (κ2) is 6.80. The first-order valence-corrected chi connectivity index (χ1v) is 8.44. The number of benzene rings is 2. The Hall–Kier alpha value is -3.47. The SMILES string of the molecule is Cc1ccc(Cn2ccccc2=NC(=O)c2n[nH]c3ccccc23)cc1. The first-order chi connectivity index (χ1) is 12.7. The number of hydrogen-bond acceptors (Lipinski definition) is 2. The Morgan fingerprint density at radius 3 is 2.65 bits per heavy atom. The van der Waals surface area contributed by atoms with Gasteiger partial charge in [-0.1, -0.05) is 54.1 Å². The Kier molecular flexibility index (Phi) is 4.19. The Labute approximate surface area is 150 Å². The van der Waals surface area contributed by atoms with Crippen molar-refractivity contribution >= 4 is 16.8 Å². The Bertz CT molecular complexity index is 1140. The molecule has 2 aromatic carbocycles. The van der Waals surface area contributed by atoms with Crippen LogP contribution in [0.15, 0.2) is 77.9 Å². The maximum Gasteiger partial charge on any atom is 0.300 e. The number of H-pyrrole nitrogens is 1. The molecule has 0 atom stereocenters. The Balaban J connectivity index is 1.71. The van der Waals surface area contributed by atoms with Crippen LogP contribution in [0.3, 0.4) is 0 Å². The number of fused-ring (bicyclic) bond motifs is 1. The molecule has 0 fully saturated rings. The van der Waals surface area contributed by atoms with Gasteiger partial charge in [0.15, 0.2) is 5.69 Å². The number of hydrogen-bond donors (Lipinski definition) is 1. The minimum absolute atomic E-state index is 0.339. The molecule has 2 aromatic heterocycles. The van der Waals surface area contributed by atoms with E-state index in [-0.39, 0.29) is 5.91 Å². The van der Waals surface area contributed by atoms with Crippen LogP contribution in [0.25, 0.3) is 10.9 Å². The smallest absolute Gasteiger partial charge is 0.300 e. The van der Waals surface area contributed by atoms with Gasteiger partial charge in [0.1, 0.15) is 5.49 Å². The quantitative estimate of drug-likeness (QED) is 0.620. The van der Waals surface area contributed by atoms with Gasteiger partial charge in [-0.05, 0) is 30.7 Å². The lowest BCUT2D eigenvalue weighted by molar-refractivity contribution is 0.0994. The normalized spacial score (nSPS) is 11.8. The summed E-state index contributed by atoms with van der Waals surface area (Å²) in [6, 6.07) is 21.5. The minimum Gasteiger partial charge on any atom is -0.328 e. The molecule has 128 valence electrons. The fourth-order valence-corrected chi connectivity index (χ4v) is 2.88. The van der Waals surface area contributed by atoms with Crippen LogP contribution < -0.4 is 5.49 Å². The number of aromatic nitrogens is 3. The summed E-state index contributed by atoms with van der Waals surface area (Å²) in [5.41, 5.74) is 4.14. The van der Waals surface area contributed by atoms with Crippen LogP contribution in [-0.4, -0.2) is 20.7 Å². The first kappa shape index (κ1) is 16.0. The van der Waals surface area contributed by atoms with Gasteiger partial charge in [0, 0.05) is 18.1 Å². The van der Waals surface area contributed by atoms with Crippen LogP contribution in [0.5, 0.6) is 0 Å². The topological polar surface area (TPSA) is 63.0 Å². The number of carbonyl (C=O) groups excluding carboxylic acids is 1. The van der Waals surface area contributed by atoms with Gasteiger partial charge in [0.25, 0.3) is 5.91 Å². The molecule has 0 bridgehead atoms. The molecule has 4 aromatic rings. The molecule has 2 heterocycles. The predicted molar refractivity (Wildman–Crippen MR) is 101 cm³/mol. The van der Waals surface area contributed by atoms with Crippen molar-refractivity contribution in [2.75, 3.05) is 0 Å². The van der Waals surface area contributed by atoms with Crippen LogP contribution in [0.2, 0.25) is 0 Å². The third-order valence-corrected chi connectivity index (χ3v) is 4.28. The zero-order valence-corrected chi connectivity index (χ0v) is 14.4. The maximum atomic E-state index is 12.7. The molecule has 1 amide bonds. The second-order valence-electron chi connectivity index (χ2n) is 6.21. The molecule has 0 aliphatic rings. The van der Waals surface area contributed by atoms with E-state index in [4.69, 9.17) is 0 Å². The largest absolute Gasteiger partial charge is 0.328 e. The van der Waals surface area contributed by atoms with Gasteiger partial charge in [-0.25, -0.2) is 0 Å². The highest BCUT2D eigenvalue weighted by Gasteiger charge is 2.12. The van der Waals surface area contributed by atoms with Crippen molar-refractivity contribution in [2.45, 2.75) is 13.5 Å². The zero-order valence-electron chi connectivity index (χ0n) is 14.4. The highest BCUT2D eigenvalue weighted by molar-refractivity contribution is 6.05. The third-order valence-electron chi connectivity index (χ3n) is 4.28. The van der Waals surface area contributed by atoms with Crippen LogP contribution in [-0.2, 0) is 6.54 Å². The van der Waals surface area contributed by atoms with Crippen molar-refractivity contribution in [1.29, 1.82) is 0 Å². The molecular weight excluding hydrogens is 324 g/mol. The lowest BCUT2D eigenvalue weighted by atomic mass is 10.1. The summed E-state index contributed by atoms with van der Waals surface area (Å²) in [6.45, 7) is 2.71. The molecule has 0 unspecified atom stereocenters. The molecule has 4 rings (SSSR count). The van der Waals surface area contributed by atoms with Gasteiger partial charge < -0.3 is 4.57 Å². The van der Waals surface area contributed by atoms with E-state index in [1.165, 1.54) is 5.56 Å². The molecular formula is C21H18N4O. The fraction of sp³-hybridized carbons (Fsp3) is 0.0952. The first-order valence-electron chi connectivity index (χ1n) is 8.44. The molecule has 26 heavy (non-hydrogen) atoms. The summed E-state index contributed by atoms with van der Waals surface area (Å²) in [5.74, 6) is -0.355. The second-order valence-corrected chi connectivity index (χ2v) is 6.21. The molecule has 0 saturated carbocycles. The molecule has 0 spiro atoms. The summed E-state index contributed by atoms with van der Waals surface area (Å²) in [7, 11) is 0. The number of carbonyl (C=O) groups is 1. The fourth-order valence-electron chi connectivity index (χ4n) is 2.88. The highest BCUT2D eigenvalue weighted by Crippen LogP contribution is 2.15. The maximum absolute atomic E-state index is 12.7. The van der Waals surface area contributed by atoms with E-state index in [1.807, 2.05) is 53.2 Å². The van der Waals surface area contributed by atoms with E-state index in [9.17, 15) is 4.79 Å². The molecule has 0 aliphatic carbocycles. The molecule has 0 radical (unpaired) electrons. The minimum atomic E-state index is -0.355. The number of para-hydroxylation sites is 1. The van der Waals surface area contributed by atoms with Gasteiger partial charge in [0.2, 0.25) is 0 Å². The van der Waals surface area contributed by atoms with Crippen LogP contribution >= 0.6 is 0 Å². The van der Waals surface area contributed by atoms with Crippen molar-refractivity contribution in [3.63, 3.8) is 0 Å². The molecule has 5 nitrogen and oxygen atoms in total. The Morgan fingerprint density at radius 2 is 1.81 bits per heavy atom. The lowest BCUT2D eigenvalue weighted by Gasteiger charge is -2.07. The molecule has 0 aliphatic heterocycles. The number of amides is 1. The van der Waals surface area contributed by atoms with Crippen LogP contribution in [0.1, 0.15) is 21.6 Å². The predicted octanol–water partition coefficient (Wildman–Crippen LogP) is 3.46. The van der Waals surface area contributed by atoms with E-state index in [2.05, 4.69) is 46.4 Å². The van der Waals surface area contributed by atoms with Gasteiger partial charge in [-0.3, -0.25) is 9.89 Å². The number of nitrogens with one attached hydrogen (secondary N) is 1. The number of rotatable bonds is 3. The van der Waals surface area contributed by atoms with Crippen molar-refractivity contribution in [1.82, 2.24) is 14.8 Å². The van der Waals surface area contributed by atoms with Crippen molar-refractivity contribution in [3.05, 3.63) is 95.2 Å². The van der Waals surface area contributed by atoms with Crippen molar-refractivity contribution in [3.8, 4) is 0 Å². The molecule has 1 N–H and O–H groups in total. The standard InChI is InChI=1S/C21H18N4O/c1-15-9-11-16(12-10-15)14-25-13-5-4-8-19(25)22-21(26)20-17-6-2-3-7-18(17)23-24-20/h2-13H,14H2,1H3,(H,23,24). The van der Waals surface area contributed by atoms with Gasteiger partial charge in [-0.15, -0.1) is 0 Å². The summed E-state index contributed by atoms with van der Waals surface area (Å²) in [5, 5.41) is 7.79. The summed E-state index contributed by atoms with van der Waals surface area (Å²) >= 11 is 0. The zero-order chi connectivity index (χ0) is 17.9. The number of pyridine rings is 1. The van der Waals surface area contributed by atoms with Gasteiger partial charge in [0.05, 0.1) is 5.52 Å². The van der Waals surface area contributed by atoms with Gasteiger partial charge >= 0.3 is 0 Å². The van der Waals surface area contributed by atoms with Gasteiger partial charge in [-0.2, -0.15) is 10.1 Å². The highest BCUT2D eigenvalue weighted by atomic mass is 16.1. The van der Waals surface area contributed by atoms with Crippen molar-refractivity contribution < 1.29 is 4.79 Å². The van der Waals surface area contributed by atoms with Crippen LogP contribution in [0, 0.1) is 6.92 Å². The summed E-state index contributed by atoms with van der Waals surface area (Å²) < 4.78 is 1.96. The summed E-state index contributed by atoms with van der Waals surface area (Å²) in [4.78, 5) is 17.0. The van der Waals surface area contributed by atoms with E-state index in [0.29, 0.717) is 17.7 Å². The Morgan fingerprint density at radius 1 is 1.04 bits per heavy atom. The van der Waals surface area contributed by atoms with E-state index in [0.717, 1.165) is 16.5 Å². The van der Waals surface area contributed by atoms with E-state index < -0.39 is 0 Å². The number of nitrogens with zero attached hydrogens (tertiary/aromatic N) is 3. The van der Waals surface area contributed by atoms with E-state index >= 15 is 0 Å².